The van der Waals surface area contributed by atoms with Crippen LogP contribution >= 0.6 is 0 Å². The number of fused-ring (bicyclic) bond motifs is 1. The van der Waals surface area contributed by atoms with Crippen molar-refractivity contribution in [1.29, 1.82) is 5.26 Å². The van der Waals surface area contributed by atoms with Crippen molar-refractivity contribution < 1.29 is 17.9 Å². The van der Waals surface area contributed by atoms with Gasteiger partial charge in [0.15, 0.2) is 6.61 Å². The lowest BCUT2D eigenvalue weighted by Crippen LogP contribution is -2.29. The van der Waals surface area contributed by atoms with Crippen LogP contribution in [0.3, 0.4) is 0 Å². The Morgan fingerprint density at radius 2 is 1.78 bits per heavy atom. The lowest BCUT2D eigenvalue weighted by molar-refractivity contribution is 0.0865. The van der Waals surface area contributed by atoms with Crippen molar-refractivity contribution in [3.63, 3.8) is 0 Å². The van der Waals surface area contributed by atoms with Gasteiger partial charge in [-0.05, 0) is 29.8 Å². The van der Waals surface area contributed by atoms with Gasteiger partial charge < -0.3 is 4.74 Å². The van der Waals surface area contributed by atoms with Crippen LogP contribution in [-0.4, -0.2) is 25.2 Å². The number of ether oxygens (including phenoxy) is 1. The van der Waals surface area contributed by atoms with E-state index in [0.29, 0.717) is 11.3 Å². The molecule has 0 N–H and O–H groups in total. The van der Waals surface area contributed by atoms with Crippen molar-refractivity contribution in [2.24, 2.45) is 0 Å². The minimum absolute atomic E-state index is 0.0407. The molecule has 0 bridgehead atoms. The van der Waals surface area contributed by atoms with Crippen LogP contribution in [0.5, 0.6) is 5.75 Å². The van der Waals surface area contributed by atoms with E-state index < -0.39 is 15.9 Å². The Kier molecular flexibility index (Phi) is 3.76. The third-order valence-electron chi connectivity index (χ3n) is 3.46. The zero-order valence-electron chi connectivity index (χ0n) is 12.0. The van der Waals surface area contributed by atoms with E-state index in [2.05, 4.69) is 0 Å². The molecular formula is C16H12N2O4S. The molecule has 1 aliphatic heterocycles. The number of rotatable bonds is 4. The summed E-state index contributed by atoms with van der Waals surface area (Å²) in [5.74, 6) is -0.0143. The molecule has 0 saturated heterocycles. The number of amides is 1. The van der Waals surface area contributed by atoms with Crippen molar-refractivity contribution in [1.82, 2.24) is 4.31 Å². The van der Waals surface area contributed by atoms with E-state index in [-0.39, 0.29) is 23.6 Å². The number of hydrogen-bond acceptors (Lipinski definition) is 5. The fraction of sp³-hybridized carbons (Fsp3) is 0.125. The molecule has 2 aromatic rings. The summed E-state index contributed by atoms with van der Waals surface area (Å²) in [6.07, 6.45) is 0. The van der Waals surface area contributed by atoms with Gasteiger partial charge in [0.05, 0.1) is 12.1 Å². The minimum atomic E-state index is -3.81. The van der Waals surface area contributed by atoms with Gasteiger partial charge in [-0.15, -0.1) is 0 Å². The summed E-state index contributed by atoms with van der Waals surface area (Å²) in [4.78, 5) is 12.4. The Balaban J connectivity index is 1.84. The number of nitriles is 1. The first-order valence-corrected chi connectivity index (χ1v) is 8.23. The average Bonchev–Trinajstić information content (AvgIpc) is 2.76. The highest BCUT2D eigenvalue weighted by molar-refractivity contribution is 7.90. The van der Waals surface area contributed by atoms with Crippen molar-refractivity contribution in [3.8, 4) is 11.8 Å². The van der Waals surface area contributed by atoms with Crippen LogP contribution in [0.1, 0.15) is 15.9 Å². The van der Waals surface area contributed by atoms with Crippen LogP contribution in [0.4, 0.5) is 0 Å². The number of benzene rings is 2. The van der Waals surface area contributed by atoms with E-state index in [9.17, 15) is 13.2 Å². The third kappa shape index (κ3) is 2.64. The molecule has 0 unspecified atom stereocenters. The number of hydrogen-bond donors (Lipinski definition) is 0. The molecule has 0 saturated carbocycles. The molecule has 0 radical (unpaired) electrons. The molecule has 23 heavy (non-hydrogen) atoms. The Morgan fingerprint density at radius 1 is 1.09 bits per heavy atom. The first kappa shape index (κ1) is 15.1. The van der Waals surface area contributed by atoms with Gasteiger partial charge in [0, 0.05) is 0 Å². The van der Waals surface area contributed by atoms with Crippen LogP contribution in [0.25, 0.3) is 0 Å². The lowest BCUT2D eigenvalue weighted by atomic mass is 10.2. The molecule has 6 nitrogen and oxygen atoms in total. The molecule has 0 atom stereocenters. The highest BCUT2D eigenvalue weighted by Gasteiger charge is 2.40. The molecule has 0 fully saturated rings. The summed E-state index contributed by atoms with van der Waals surface area (Å²) in [5.41, 5.74) is 0.848. The summed E-state index contributed by atoms with van der Waals surface area (Å²) >= 11 is 0. The normalized spacial score (nSPS) is 15.1. The van der Waals surface area contributed by atoms with E-state index in [1.165, 1.54) is 12.1 Å². The third-order valence-corrected chi connectivity index (χ3v) is 5.25. The van der Waals surface area contributed by atoms with Crippen LogP contribution in [0.2, 0.25) is 0 Å². The fourth-order valence-electron chi connectivity index (χ4n) is 2.36. The van der Waals surface area contributed by atoms with Crippen LogP contribution in [0, 0.1) is 11.3 Å². The van der Waals surface area contributed by atoms with Gasteiger partial charge in [0.2, 0.25) is 0 Å². The van der Waals surface area contributed by atoms with Gasteiger partial charge in [-0.1, -0.05) is 24.3 Å². The average molecular weight is 328 g/mol. The smallest absolute Gasteiger partial charge is 0.269 e. The van der Waals surface area contributed by atoms with Crippen molar-refractivity contribution in [3.05, 3.63) is 59.7 Å². The van der Waals surface area contributed by atoms with Gasteiger partial charge in [-0.2, -0.15) is 5.26 Å². The van der Waals surface area contributed by atoms with E-state index in [1.807, 2.05) is 6.07 Å². The van der Waals surface area contributed by atoms with Crippen molar-refractivity contribution in [2.75, 3.05) is 6.61 Å². The Bertz CT molecular complexity index is 898. The van der Waals surface area contributed by atoms with Crippen LogP contribution in [0.15, 0.2) is 53.4 Å². The van der Waals surface area contributed by atoms with Gasteiger partial charge in [-0.25, -0.2) is 12.7 Å². The zero-order chi connectivity index (χ0) is 16.4. The maximum Gasteiger partial charge on any atom is 0.269 e. The molecule has 116 valence electrons. The number of carbonyl (C=O) groups excluding carboxylic acids is 1. The van der Waals surface area contributed by atoms with Crippen molar-refractivity contribution >= 4 is 15.9 Å². The van der Waals surface area contributed by atoms with Gasteiger partial charge in [0.25, 0.3) is 15.9 Å². The molecule has 0 aromatic heterocycles. The van der Waals surface area contributed by atoms with Crippen molar-refractivity contribution in [2.45, 2.75) is 11.4 Å². The minimum Gasteiger partial charge on any atom is -0.479 e. The maximum absolute atomic E-state index is 12.5. The van der Waals surface area contributed by atoms with Gasteiger partial charge in [0.1, 0.15) is 16.7 Å². The second kappa shape index (κ2) is 5.74. The van der Waals surface area contributed by atoms with Crippen LogP contribution < -0.4 is 4.74 Å². The Labute approximate surface area is 133 Å². The molecule has 7 heteroatoms. The maximum atomic E-state index is 12.5. The highest BCUT2D eigenvalue weighted by Crippen LogP contribution is 2.31. The number of carbonyl (C=O) groups is 1. The van der Waals surface area contributed by atoms with E-state index in [1.54, 1.807) is 36.4 Å². The molecule has 1 aliphatic rings. The van der Waals surface area contributed by atoms with E-state index in [4.69, 9.17) is 10.00 Å². The lowest BCUT2D eigenvalue weighted by Gasteiger charge is -2.15. The quantitative estimate of drug-likeness (QED) is 0.856. The Hall–Kier alpha value is -2.85. The number of nitrogens with zero attached hydrogens (tertiary/aromatic N) is 2. The number of sulfonamides is 1. The first-order valence-electron chi connectivity index (χ1n) is 6.79. The fourth-order valence-corrected chi connectivity index (χ4v) is 3.92. The SMILES string of the molecule is N#CCOc1ccc(CN2C(=O)c3ccccc3S2(=O)=O)cc1. The summed E-state index contributed by atoms with van der Waals surface area (Å²) in [6, 6.07) is 14.6. The topological polar surface area (TPSA) is 87.5 Å². The first-order chi connectivity index (χ1) is 11.0. The molecule has 0 spiro atoms. The summed E-state index contributed by atoms with van der Waals surface area (Å²) < 4.78 is 30.9. The van der Waals surface area contributed by atoms with Crippen LogP contribution in [-0.2, 0) is 16.6 Å². The molecule has 1 amide bonds. The Morgan fingerprint density at radius 3 is 2.43 bits per heavy atom. The van der Waals surface area contributed by atoms with E-state index in [0.717, 1.165) is 4.31 Å². The van der Waals surface area contributed by atoms with Gasteiger partial charge >= 0.3 is 0 Å². The summed E-state index contributed by atoms with van der Waals surface area (Å²) in [6.45, 7) is -0.109. The summed E-state index contributed by atoms with van der Waals surface area (Å²) in [5, 5.41) is 8.46. The predicted molar refractivity (Wildman–Crippen MR) is 81.1 cm³/mol. The molecule has 0 aliphatic carbocycles. The second-order valence-electron chi connectivity index (χ2n) is 4.90. The van der Waals surface area contributed by atoms with Gasteiger partial charge in [-0.3, -0.25) is 4.79 Å². The standard InChI is InChI=1S/C16H12N2O4S/c17-9-10-22-13-7-5-12(6-8-13)11-18-16(19)14-3-1-2-4-15(14)23(18,20)21/h1-8H,10-11H2. The highest BCUT2D eigenvalue weighted by atomic mass is 32.2. The largest absolute Gasteiger partial charge is 0.479 e. The molecular weight excluding hydrogens is 316 g/mol. The molecule has 1 heterocycles. The zero-order valence-corrected chi connectivity index (χ0v) is 12.8. The second-order valence-corrected chi connectivity index (χ2v) is 6.73. The summed E-state index contributed by atoms with van der Waals surface area (Å²) in [7, 11) is -3.81. The predicted octanol–water partition coefficient (Wildman–Crippen LogP) is 1.93. The molecule has 3 rings (SSSR count). The monoisotopic (exact) mass is 328 g/mol. The molecule has 2 aromatic carbocycles. The van der Waals surface area contributed by atoms with E-state index >= 15 is 0 Å².